The van der Waals surface area contributed by atoms with Crippen LogP contribution in [0.4, 0.5) is 0 Å². The monoisotopic (exact) mass is 254 g/mol. The molecule has 0 saturated carbocycles. The highest BCUT2D eigenvalue weighted by Crippen LogP contribution is 2.18. The van der Waals surface area contributed by atoms with E-state index in [0.29, 0.717) is 19.5 Å². The zero-order valence-corrected chi connectivity index (χ0v) is 10.8. The molecule has 0 radical (unpaired) electrons. The summed E-state index contributed by atoms with van der Waals surface area (Å²) >= 11 is 0. The molecule has 2 rings (SSSR count). The molecule has 102 valence electrons. The number of nitrogens with zero attached hydrogens (tertiary/aromatic N) is 2. The van der Waals surface area contributed by atoms with E-state index in [1.807, 2.05) is 0 Å². The molecular weight excluding hydrogens is 232 g/mol. The molecule has 0 aromatic rings. The Labute approximate surface area is 108 Å². The van der Waals surface area contributed by atoms with E-state index in [1.165, 1.54) is 0 Å². The average Bonchev–Trinajstić information content (AvgIpc) is 2.76. The summed E-state index contributed by atoms with van der Waals surface area (Å²) in [4.78, 5) is 27.4. The van der Waals surface area contributed by atoms with E-state index in [1.54, 1.807) is 9.80 Å². The Balaban J connectivity index is 1.91. The van der Waals surface area contributed by atoms with Crippen LogP contribution in [0.2, 0.25) is 0 Å². The van der Waals surface area contributed by atoms with Crippen molar-refractivity contribution in [1.29, 1.82) is 0 Å². The fourth-order valence-electron chi connectivity index (χ4n) is 2.81. The highest BCUT2D eigenvalue weighted by Gasteiger charge is 2.30. The fourth-order valence-corrected chi connectivity index (χ4v) is 2.81. The van der Waals surface area contributed by atoms with Gasteiger partial charge in [-0.2, -0.15) is 0 Å². The van der Waals surface area contributed by atoms with Gasteiger partial charge in [-0.1, -0.05) is 6.42 Å². The molecule has 0 aliphatic carbocycles. The third kappa shape index (κ3) is 3.02. The van der Waals surface area contributed by atoms with Gasteiger partial charge in [-0.25, -0.2) is 0 Å². The first-order valence-corrected chi connectivity index (χ1v) is 6.90. The Hall–Kier alpha value is -1.10. The topological polar surface area (TPSA) is 60.9 Å². The standard InChI is InChI=1S/C13H22N2O3/c16-10-11-5-4-8-15(11)13(18)9-14-7-3-1-2-6-12(14)17/h11,16H,1-10H2/t11-/m1/s1. The van der Waals surface area contributed by atoms with Gasteiger partial charge in [0.15, 0.2) is 0 Å². The smallest absolute Gasteiger partial charge is 0.242 e. The summed E-state index contributed by atoms with van der Waals surface area (Å²) in [6, 6.07) is -0.0421. The molecule has 1 atom stereocenters. The van der Waals surface area contributed by atoms with Crippen molar-refractivity contribution >= 4 is 11.8 Å². The maximum absolute atomic E-state index is 12.2. The number of hydrogen-bond donors (Lipinski definition) is 1. The number of rotatable bonds is 3. The van der Waals surface area contributed by atoms with Gasteiger partial charge in [-0.15, -0.1) is 0 Å². The molecule has 2 aliphatic heterocycles. The molecule has 2 saturated heterocycles. The number of carbonyl (C=O) groups is 2. The first-order chi connectivity index (χ1) is 8.72. The molecular formula is C13H22N2O3. The van der Waals surface area contributed by atoms with Gasteiger partial charge in [0.2, 0.25) is 11.8 Å². The van der Waals surface area contributed by atoms with Crippen molar-refractivity contribution < 1.29 is 14.7 Å². The van der Waals surface area contributed by atoms with Crippen LogP contribution in [-0.2, 0) is 9.59 Å². The largest absolute Gasteiger partial charge is 0.394 e. The van der Waals surface area contributed by atoms with E-state index in [-0.39, 0.29) is 31.0 Å². The van der Waals surface area contributed by atoms with Crippen molar-refractivity contribution in [3.63, 3.8) is 0 Å². The normalized spacial score (nSPS) is 25.4. The highest BCUT2D eigenvalue weighted by atomic mass is 16.3. The quantitative estimate of drug-likeness (QED) is 0.791. The predicted molar refractivity (Wildman–Crippen MR) is 66.9 cm³/mol. The summed E-state index contributed by atoms with van der Waals surface area (Å²) in [6.07, 6.45) is 5.38. The van der Waals surface area contributed by atoms with Crippen LogP contribution in [0.1, 0.15) is 38.5 Å². The minimum atomic E-state index is -0.0421. The van der Waals surface area contributed by atoms with Crippen molar-refractivity contribution in [2.45, 2.75) is 44.6 Å². The van der Waals surface area contributed by atoms with E-state index in [4.69, 9.17) is 0 Å². The van der Waals surface area contributed by atoms with E-state index in [0.717, 1.165) is 32.1 Å². The molecule has 2 aliphatic rings. The number of likely N-dealkylation sites (tertiary alicyclic amines) is 2. The fraction of sp³-hybridized carbons (Fsp3) is 0.846. The minimum Gasteiger partial charge on any atom is -0.394 e. The summed E-state index contributed by atoms with van der Waals surface area (Å²) in [6.45, 7) is 1.63. The molecule has 1 N–H and O–H groups in total. The second-order valence-corrected chi connectivity index (χ2v) is 5.19. The number of aliphatic hydroxyl groups is 1. The van der Waals surface area contributed by atoms with Crippen LogP contribution in [-0.4, -0.2) is 59.0 Å². The van der Waals surface area contributed by atoms with Crippen LogP contribution in [0.5, 0.6) is 0 Å². The first kappa shape index (κ1) is 13.3. The van der Waals surface area contributed by atoms with Crippen LogP contribution in [0.15, 0.2) is 0 Å². The Kier molecular flexibility index (Phi) is 4.58. The molecule has 2 heterocycles. The van der Waals surface area contributed by atoms with E-state index < -0.39 is 0 Å². The zero-order valence-electron chi connectivity index (χ0n) is 10.8. The number of aliphatic hydroxyl groups excluding tert-OH is 1. The summed E-state index contributed by atoms with van der Waals surface area (Å²) in [5.41, 5.74) is 0. The van der Waals surface area contributed by atoms with Crippen LogP contribution < -0.4 is 0 Å². The SMILES string of the molecule is O=C1CCCCCN1CC(=O)N1CCC[C@@H]1CO. The molecule has 2 amide bonds. The van der Waals surface area contributed by atoms with Crippen molar-refractivity contribution in [2.24, 2.45) is 0 Å². The van der Waals surface area contributed by atoms with Gasteiger partial charge < -0.3 is 14.9 Å². The maximum Gasteiger partial charge on any atom is 0.242 e. The summed E-state index contributed by atoms with van der Waals surface area (Å²) in [5.74, 6) is 0.0856. The third-order valence-electron chi connectivity index (χ3n) is 3.91. The molecule has 0 bridgehead atoms. The van der Waals surface area contributed by atoms with Gasteiger partial charge in [-0.05, 0) is 25.7 Å². The van der Waals surface area contributed by atoms with Crippen molar-refractivity contribution in [3.8, 4) is 0 Å². The molecule has 2 fully saturated rings. The second kappa shape index (κ2) is 6.18. The Morgan fingerprint density at radius 2 is 2.06 bits per heavy atom. The Bertz CT molecular complexity index is 319. The lowest BCUT2D eigenvalue weighted by Crippen LogP contribution is -2.45. The predicted octanol–water partition coefficient (Wildman–Crippen LogP) is 0.372. The lowest BCUT2D eigenvalue weighted by Gasteiger charge is -2.27. The Morgan fingerprint density at radius 1 is 1.22 bits per heavy atom. The molecule has 5 heteroatoms. The van der Waals surface area contributed by atoms with Crippen LogP contribution in [0, 0.1) is 0 Å². The van der Waals surface area contributed by atoms with Gasteiger partial charge in [0.05, 0.1) is 19.2 Å². The molecule has 18 heavy (non-hydrogen) atoms. The zero-order chi connectivity index (χ0) is 13.0. The molecule has 0 spiro atoms. The number of carbonyl (C=O) groups excluding carboxylic acids is 2. The van der Waals surface area contributed by atoms with Gasteiger partial charge in [0, 0.05) is 19.5 Å². The average molecular weight is 254 g/mol. The second-order valence-electron chi connectivity index (χ2n) is 5.19. The summed E-state index contributed by atoms with van der Waals surface area (Å²) in [5, 5.41) is 9.21. The molecule has 0 aromatic heterocycles. The number of amides is 2. The minimum absolute atomic E-state index is 0.0122. The lowest BCUT2D eigenvalue weighted by molar-refractivity contribution is -0.141. The van der Waals surface area contributed by atoms with Gasteiger partial charge in [0.1, 0.15) is 0 Å². The van der Waals surface area contributed by atoms with Crippen molar-refractivity contribution in [3.05, 3.63) is 0 Å². The van der Waals surface area contributed by atoms with Crippen LogP contribution in [0.25, 0.3) is 0 Å². The summed E-state index contributed by atoms with van der Waals surface area (Å²) in [7, 11) is 0. The maximum atomic E-state index is 12.2. The van der Waals surface area contributed by atoms with Gasteiger partial charge in [0.25, 0.3) is 0 Å². The number of hydrogen-bond acceptors (Lipinski definition) is 3. The third-order valence-corrected chi connectivity index (χ3v) is 3.91. The van der Waals surface area contributed by atoms with Gasteiger partial charge >= 0.3 is 0 Å². The van der Waals surface area contributed by atoms with Crippen molar-refractivity contribution in [1.82, 2.24) is 9.80 Å². The molecule has 0 aromatic carbocycles. The van der Waals surface area contributed by atoms with Crippen LogP contribution in [0.3, 0.4) is 0 Å². The van der Waals surface area contributed by atoms with Gasteiger partial charge in [-0.3, -0.25) is 9.59 Å². The lowest BCUT2D eigenvalue weighted by atomic mass is 10.2. The Morgan fingerprint density at radius 3 is 2.83 bits per heavy atom. The van der Waals surface area contributed by atoms with E-state index in [9.17, 15) is 14.7 Å². The van der Waals surface area contributed by atoms with Crippen LogP contribution >= 0.6 is 0 Å². The van der Waals surface area contributed by atoms with E-state index >= 15 is 0 Å². The van der Waals surface area contributed by atoms with E-state index in [2.05, 4.69) is 0 Å². The molecule has 5 nitrogen and oxygen atoms in total. The molecule has 0 unspecified atom stereocenters. The first-order valence-electron chi connectivity index (χ1n) is 6.90. The summed E-state index contributed by atoms with van der Waals surface area (Å²) < 4.78 is 0. The highest BCUT2D eigenvalue weighted by molar-refractivity contribution is 5.85. The van der Waals surface area contributed by atoms with Crippen molar-refractivity contribution in [2.75, 3.05) is 26.2 Å².